The number of morpholine rings is 1. The molecule has 5 heteroatoms. The summed E-state index contributed by atoms with van der Waals surface area (Å²) >= 11 is 0. The molecule has 0 aliphatic carbocycles. The fourth-order valence-corrected chi connectivity index (χ4v) is 2.92. The SMILES string of the molecule is CCC(C)c1ccccc1NC(=O)C(=O)N1CC(C)OC(C)C1. The van der Waals surface area contributed by atoms with Gasteiger partial charge in [0.05, 0.1) is 12.2 Å². The van der Waals surface area contributed by atoms with E-state index >= 15 is 0 Å². The van der Waals surface area contributed by atoms with Crippen LogP contribution in [0.25, 0.3) is 0 Å². The number of nitrogens with one attached hydrogen (secondary N) is 1. The third-order valence-electron chi connectivity index (χ3n) is 4.25. The van der Waals surface area contributed by atoms with Gasteiger partial charge in [-0.2, -0.15) is 0 Å². The number of carbonyl (C=O) groups is 2. The predicted molar refractivity (Wildman–Crippen MR) is 90.4 cm³/mol. The summed E-state index contributed by atoms with van der Waals surface area (Å²) in [6.45, 7) is 8.93. The average Bonchev–Trinajstić information content (AvgIpc) is 2.53. The molecule has 1 saturated heterocycles. The van der Waals surface area contributed by atoms with E-state index in [1.807, 2.05) is 38.1 Å². The van der Waals surface area contributed by atoms with E-state index in [1.165, 1.54) is 0 Å². The van der Waals surface area contributed by atoms with Gasteiger partial charge in [0, 0.05) is 18.8 Å². The Balaban J connectivity index is 2.08. The highest BCUT2D eigenvalue weighted by Crippen LogP contribution is 2.26. The standard InChI is InChI=1S/C18H26N2O3/c1-5-12(2)15-8-6-7-9-16(15)19-17(21)18(22)20-10-13(3)23-14(4)11-20/h6-9,12-14H,5,10-11H2,1-4H3,(H,19,21). The summed E-state index contributed by atoms with van der Waals surface area (Å²) < 4.78 is 5.60. The van der Waals surface area contributed by atoms with E-state index < -0.39 is 11.8 Å². The maximum absolute atomic E-state index is 12.4. The van der Waals surface area contributed by atoms with Crippen molar-refractivity contribution in [3.63, 3.8) is 0 Å². The van der Waals surface area contributed by atoms with Crippen LogP contribution in [0.5, 0.6) is 0 Å². The van der Waals surface area contributed by atoms with Gasteiger partial charge in [0.2, 0.25) is 0 Å². The fourth-order valence-electron chi connectivity index (χ4n) is 2.92. The summed E-state index contributed by atoms with van der Waals surface area (Å²) in [6, 6.07) is 7.65. The topological polar surface area (TPSA) is 58.6 Å². The zero-order chi connectivity index (χ0) is 17.0. The third kappa shape index (κ3) is 4.32. The molecule has 1 N–H and O–H groups in total. The molecule has 2 rings (SSSR count). The number of ether oxygens (including phenoxy) is 1. The Morgan fingerprint density at radius 2 is 1.87 bits per heavy atom. The van der Waals surface area contributed by atoms with Gasteiger partial charge in [0.15, 0.2) is 0 Å². The minimum absolute atomic E-state index is 0.0529. The van der Waals surface area contributed by atoms with Crippen LogP contribution in [-0.2, 0) is 14.3 Å². The number of hydrogen-bond acceptors (Lipinski definition) is 3. The minimum Gasteiger partial charge on any atom is -0.372 e. The highest BCUT2D eigenvalue weighted by molar-refractivity contribution is 6.39. The second-order valence-corrected chi connectivity index (χ2v) is 6.32. The first-order chi connectivity index (χ1) is 10.9. The monoisotopic (exact) mass is 318 g/mol. The van der Waals surface area contributed by atoms with Gasteiger partial charge in [-0.3, -0.25) is 9.59 Å². The third-order valence-corrected chi connectivity index (χ3v) is 4.25. The first-order valence-corrected chi connectivity index (χ1v) is 8.27. The highest BCUT2D eigenvalue weighted by atomic mass is 16.5. The number of para-hydroxylation sites is 1. The Morgan fingerprint density at radius 3 is 2.48 bits per heavy atom. The molecule has 0 radical (unpaired) electrons. The molecule has 1 aromatic carbocycles. The molecule has 23 heavy (non-hydrogen) atoms. The summed E-state index contributed by atoms with van der Waals surface area (Å²) in [5.41, 5.74) is 1.77. The van der Waals surface area contributed by atoms with Gasteiger partial charge in [0.1, 0.15) is 0 Å². The van der Waals surface area contributed by atoms with Crippen molar-refractivity contribution in [2.75, 3.05) is 18.4 Å². The molecule has 3 atom stereocenters. The quantitative estimate of drug-likeness (QED) is 0.872. The van der Waals surface area contributed by atoms with E-state index in [2.05, 4.69) is 19.2 Å². The van der Waals surface area contributed by atoms with E-state index in [9.17, 15) is 9.59 Å². The van der Waals surface area contributed by atoms with Gasteiger partial charge in [-0.1, -0.05) is 32.0 Å². The molecule has 1 aliphatic heterocycles. The van der Waals surface area contributed by atoms with Crippen molar-refractivity contribution in [2.24, 2.45) is 0 Å². The summed E-state index contributed by atoms with van der Waals surface area (Å²) in [7, 11) is 0. The van der Waals surface area contributed by atoms with Gasteiger partial charge in [0.25, 0.3) is 0 Å². The Morgan fingerprint density at radius 1 is 1.26 bits per heavy atom. The lowest BCUT2D eigenvalue weighted by Crippen LogP contribution is -2.51. The first-order valence-electron chi connectivity index (χ1n) is 8.27. The number of nitrogens with zero attached hydrogens (tertiary/aromatic N) is 1. The van der Waals surface area contributed by atoms with Crippen LogP contribution in [0, 0.1) is 0 Å². The number of amides is 2. The molecule has 0 saturated carbocycles. The van der Waals surface area contributed by atoms with Gasteiger partial charge in [-0.25, -0.2) is 0 Å². The largest absolute Gasteiger partial charge is 0.372 e. The van der Waals surface area contributed by atoms with Crippen molar-refractivity contribution in [3.05, 3.63) is 29.8 Å². The van der Waals surface area contributed by atoms with Crippen molar-refractivity contribution >= 4 is 17.5 Å². The van der Waals surface area contributed by atoms with E-state index in [1.54, 1.807) is 4.90 Å². The summed E-state index contributed by atoms with van der Waals surface area (Å²) in [6.07, 6.45) is 0.866. The van der Waals surface area contributed by atoms with Crippen molar-refractivity contribution < 1.29 is 14.3 Å². The number of rotatable bonds is 3. The number of benzene rings is 1. The fraction of sp³-hybridized carbons (Fsp3) is 0.556. The van der Waals surface area contributed by atoms with Crippen LogP contribution < -0.4 is 5.32 Å². The molecule has 1 fully saturated rings. The Bertz CT molecular complexity index is 563. The number of anilines is 1. The lowest BCUT2D eigenvalue weighted by Gasteiger charge is -2.34. The molecule has 1 aromatic rings. The van der Waals surface area contributed by atoms with E-state index in [0.29, 0.717) is 19.0 Å². The van der Waals surface area contributed by atoms with Crippen LogP contribution >= 0.6 is 0 Å². The van der Waals surface area contributed by atoms with Crippen molar-refractivity contribution in [1.82, 2.24) is 4.90 Å². The zero-order valence-corrected chi connectivity index (χ0v) is 14.3. The Kier molecular flexibility index (Phi) is 5.77. The first kappa shape index (κ1) is 17.5. The van der Waals surface area contributed by atoms with Gasteiger partial charge in [-0.15, -0.1) is 0 Å². The molecule has 5 nitrogen and oxygen atoms in total. The molecule has 2 amide bonds. The van der Waals surface area contributed by atoms with Gasteiger partial charge < -0.3 is 15.0 Å². The Hall–Kier alpha value is -1.88. The van der Waals surface area contributed by atoms with Crippen LogP contribution in [0.1, 0.15) is 45.6 Å². The van der Waals surface area contributed by atoms with Crippen molar-refractivity contribution in [2.45, 2.75) is 52.2 Å². The van der Waals surface area contributed by atoms with Gasteiger partial charge >= 0.3 is 11.8 Å². The average molecular weight is 318 g/mol. The number of hydrogen-bond donors (Lipinski definition) is 1. The summed E-state index contributed by atoms with van der Waals surface area (Å²) in [5, 5.41) is 2.78. The van der Waals surface area contributed by atoms with Gasteiger partial charge in [-0.05, 0) is 37.8 Å². The highest BCUT2D eigenvalue weighted by Gasteiger charge is 2.30. The molecule has 0 aromatic heterocycles. The second kappa shape index (κ2) is 7.59. The maximum Gasteiger partial charge on any atom is 0.313 e. The van der Waals surface area contributed by atoms with Crippen LogP contribution in [-0.4, -0.2) is 42.0 Å². The molecule has 126 valence electrons. The second-order valence-electron chi connectivity index (χ2n) is 6.32. The van der Waals surface area contributed by atoms with E-state index in [0.717, 1.165) is 17.7 Å². The van der Waals surface area contributed by atoms with Crippen LogP contribution in [0.15, 0.2) is 24.3 Å². The van der Waals surface area contributed by atoms with Crippen LogP contribution in [0.3, 0.4) is 0 Å². The molecule has 3 unspecified atom stereocenters. The smallest absolute Gasteiger partial charge is 0.313 e. The van der Waals surface area contributed by atoms with Crippen LogP contribution in [0.4, 0.5) is 5.69 Å². The maximum atomic E-state index is 12.4. The van der Waals surface area contributed by atoms with Crippen LogP contribution in [0.2, 0.25) is 0 Å². The molecule has 1 aliphatic rings. The Labute approximate surface area is 138 Å². The number of carbonyl (C=O) groups excluding carboxylic acids is 2. The minimum atomic E-state index is -0.581. The molecule has 1 heterocycles. The van der Waals surface area contributed by atoms with Crippen molar-refractivity contribution in [1.29, 1.82) is 0 Å². The lowest BCUT2D eigenvalue weighted by molar-refractivity contribution is -0.151. The lowest BCUT2D eigenvalue weighted by atomic mass is 9.97. The summed E-state index contributed by atoms with van der Waals surface area (Å²) in [4.78, 5) is 26.3. The molecule has 0 bridgehead atoms. The molecular formula is C18H26N2O3. The van der Waals surface area contributed by atoms with Crippen molar-refractivity contribution in [3.8, 4) is 0 Å². The zero-order valence-electron chi connectivity index (χ0n) is 14.3. The predicted octanol–water partition coefficient (Wildman–Crippen LogP) is 2.77. The molecule has 0 spiro atoms. The summed E-state index contributed by atoms with van der Waals surface area (Å²) in [5.74, 6) is -0.752. The normalized spacial score (nSPS) is 22.5. The molecular weight excluding hydrogens is 292 g/mol. The van der Waals surface area contributed by atoms with E-state index in [4.69, 9.17) is 4.74 Å². The van der Waals surface area contributed by atoms with E-state index in [-0.39, 0.29) is 12.2 Å².